The molecule has 0 aliphatic rings. The van der Waals surface area contributed by atoms with Crippen LogP contribution in [-0.2, 0) is 0 Å². The lowest BCUT2D eigenvalue weighted by molar-refractivity contribution is 0.278. The topological polar surface area (TPSA) is 58.0 Å². The van der Waals surface area contributed by atoms with Crippen LogP contribution < -0.4 is 5.32 Å². The van der Waals surface area contributed by atoms with E-state index in [9.17, 15) is 0 Å². The lowest BCUT2D eigenvalue weighted by Crippen LogP contribution is -2.20. The summed E-state index contributed by atoms with van der Waals surface area (Å²) in [5.41, 5.74) is 1.04. The summed E-state index contributed by atoms with van der Waals surface area (Å²) in [4.78, 5) is 8.41. The molecule has 0 saturated carbocycles. The monoisotopic (exact) mass is 223 g/mol. The summed E-state index contributed by atoms with van der Waals surface area (Å²) in [5, 5.41) is 12.2. The zero-order chi connectivity index (χ0) is 12.0. The highest BCUT2D eigenvalue weighted by atomic mass is 16.3. The molecular weight excluding hydrogens is 202 g/mol. The van der Waals surface area contributed by atoms with E-state index in [1.165, 1.54) is 0 Å². The molecule has 4 heteroatoms. The number of aromatic nitrogens is 2. The Balaban J connectivity index is 2.68. The first-order valence-electron chi connectivity index (χ1n) is 5.86. The van der Waals surface area contributed by atoms with E-state index in [0.29, 0.717) is 5.92 Å². The molecule has 0 spiro atoms. The third-order valence-corrected chi connectivity index (χ3v) is 2.60. The second-order valence-electron chi connectivity index (χ2n) is 4.24. The number of rotatable bonds is 6. The van der Waals surface area contributed by atoms with Crippen LogP contribution in [0.4, 0.5) is 5.82 Å². The average Bonchev–Trinajstić information content (AvgIpc) is 2.29. The van der Waals surface area contributed by atoms with Crippen molar-refractivity contribution in [3.8, 4) is 0 Å². The highest BCUT2D eigenvalue weighted by molar-refractivity contribution is 5.36. The third-order valence-electron chi connectivity index (χ3n) is 2.60. The Morgan fingerprint density at radius 1 is 1.38 bits per heavy atom. The maximum Gasteiger partial charge on any atom is 0.129 e. The minimum atomic E-state index is 0.202. The first-order chi connectivity index (χ1) is 7.67. The molecule has 1 rings (SSSR count). The number of hydrogen-bond donors (Lipinski definition) is 2. The van der Waals surface area contributed by atoms with E-state index in [4.69, 9.17) is 5.11 Å². The van der Waals surface area contributed by atoms with Crippen LogP contribution in [0.2, 0.25) is 0 Å². The SMILES string of the molecule is CCC(CCO)Nc1cc(C(C)C)ncn1. The standard InChI is InChI=1S/C12H21N3O/c1-4-10(5-6-16)15-12-7-11(9(2)3)13-8-14-12/h7-10,16H,4-6H2,1-3H3,(H,13,14,15). The van der Waals surface area contributed by atoms with E-state index in [0.717, 1.165) is 24.4 Å². The highest BCUT2D eigenvalue weighted by Gasteiger charge is 2.08. The van der Waals surface area contributed by atoms with Crippen LogP contribution in [0.15, 0.2) is 12.4 Å². The van der Waals surface area contributed by atoms with Gasteiger partial charge in [0, 0.05) is 24.4 Å². The Kier molecular flexibility index (Phi) is 5.19. The van der Waals surface area contributed by atoms with Gasteiger partial charge in [0.25, 0.3) is 0 Å². The van der Waals surface area contributed by atoms with Crippen molar-refractivity contribution in [3.63, 3.8) is 0 Å². The Morgan fingerprint density at radius 3 is 2.69 bits per heavy atom. The van der Waals surface area contributed by atoms with Crippen molar-refractivity contribution in [1.82, 2.24) is 9.97 Å². The second-order valence-corrected chi connectivity index (χ2v) is 4.24. The lowest BCUT2D eigenvalue weighted by Gasteiger charge is -2.16. The van der Waals surface area contributed by atoms with Crippen LogP contribution in [0.25, 0.3) is 0 Å². The van der Waals surface area contributed by atoms with E-state index in [-0.39, 0.29) is 12.6 Å². The second kappa shape index (κ2) is 6.43. The van der Waals surface area contributed by atoms with E-state index in [1.807, 2.05) is 6.07 Å². The van der Waals surface area contributed by atoms with Gasteiger partial charge in [-0.25, -0.2) is 9.97 Å². The van der Waals surface area contributed by atoms with Crippen molar-refractivity contribution >= 4 is 5.82 Å². The van der Waals surface area contributed by atoms with Crippen LogP contribution in [0.3, 0.4) is 0 Å². The molecule has 0 saturated heterocycles. The predicted octanol–water partition coefficient (Wildman–Crippen LogP) is 2.17. The van der Waals surface area contributed by atoms with Gasteiger partial charge in [-0.2, -0.15) is 0 Å². The van der Waals surface area contributed by atoms with Gasteiger partial charge in [0.1, 0.15) is 12.1 Å². The first kappa shape index (κ1) is 12.9. The molecular formula is C12H21N3O. The van der Waals surface area contributed by atoms with Crippen LogP contribution in [-0.4, -0.2) is 27.7 Å². The van der Waals surface area contributed by atoms with E-state index in [2.05, 4.69) is 36.1 Å². The summed E-state index contributed by atoms with van der Waals surface area (Å²) >= 11 is 0. The van der Waals surface area contributed by atoms with Crippen molar-refractivity contribution < 1.29 is 5.11 Å². The number of aliphatic hydroxyl groups excluding tert-OH is 1. The fraction of sp³-hybridized carbons (Fsp3) is 0.667. The van der Waals surface area contributed by atoms with Crippen LogP contribution in [0.5, 0.6) is 0 Å². The Morgan fingerprint density at radius 2 is 2.12 bits per heavy atom. The molecule has 4 nitrogen and oxygen atoms in total. The molecule has 16 heavy (non-hydrogen) atoms. The molecule has 0 bridgehead atoms. The molecule has 1 aromatic rings. The fourth-order valence-corrected chi connectivity index (χ4v) is 1.51. The Hall–Kier alpha value is -1.16. The predicted molar refractivity (Wildman–Crippen MR) is 65.5 cm³/mol. The third kappa shape index (κ3) is 3.77. The van der Waals surface area contributed by atoms with Crippen molar-refractivity contribution in [2.75, 3.05) is 11.9 Å². The van der Waals surface area contributed by atoms with Crippen molar-refractivity contribution in [1.29, 1.82) is 0 Å². The molecule has 1 aromatic heterocycles. The molecule has 90 valence electrons. The Labute approximate surface area is 97.1 Å². The molecule has 0 aliphatic heterocycles. The van der Waals surface area contributed by atoms with E-state index in [1.54, 1.807) is 6.33 Å². The highest BCUT2D eigenvalue weighted by Crippen LogP contribution is 2.15. The molecule has 0 aliphatic carbocycles. The zero-order valence-corrected chi connectivity index (χ0v) is 10.3. The van der Waals surface area contributed by atoms with Gasteiger partial charge in [-0.15, -0.1) is 0 Å². The summed E-state index contributed by atoms with van der Waals surface area (Å²) in [7, 11) is 0. The van der Waals surface area contributed by atoms with Crippen LogP contribution in [0.1, 0.15) is 45.2 Å². The molecule has 0 aromatic carbocycles. The summed E-state index contributed by atoms with van der Waals surface area (Å²) in [5.74, 6) is 1.25. The average molecular weight is 223 g/mol. The normalized spacial score (nSPS) is 12.8. The van der Waals surface area contributed by atoms with Gasteiger partial charge in [0.05, 0.1) is 0 Å². The molecule has 1 atom stereocenters. The molecule has 1 unspecified atom stereocenters. The molecule has 0 fully saturated rings. The molecule has 2 N–H and O–H groups in total. The molecule has 0 radical (unpaired) electrons. The Bertz CT molecular complexity index is 315. The van der Waals surface area contributed by atoms with Gasteiger partial charge < -0.3 is 10.4 Å². The van der Waals surface area contributed by atoms with Crippen molar-refractivity contribution in [2.45, 2.75) is 45.6 Å². The van der Waals surface area contributed by atoms with Gasteiger partial charge in [0.2, 0.25) is 0 Å². The maximum atomic E-state index is 8.92. The van der Waals surface area contributed by atoms with Gasteiger partial charge in [-0.1, -0.05) is 20.8 Å². The minimum Gasteiger partial charge on any atom is -0.396 e. The van der Waals surface area contributed by atoms with Gasteiger partial charge in [0.15, 0.2) is 0 Å². The van der Waals surface area contributed by atoms with Gasteiger partial charge in [-0.3, -0.25) is 0 Å². The summed E-state index contributed by atoms with van der Waals surface area (Å²) in [6.45, 7) is 6.51. The lowest BCUT2D eigenvalue weighted by atomic mass is 10.1. The smallest absolute Gasteiger partial charge is 0.129 e. The first-order valence-corrected chi connectivity index (χ1v) is 5.86. The minimum absolute atomic E-state index is 0.202. The van der Waals surface area contributed by atoms with Gasteiger partial charge in [-0.05, 0) is 18.8 Å². The summed E-state index contributed by atoms with van der Waals surface area (Å²) in [6, 6.07) is 2.25. The number of hydrogen-bond acceptors (Lipinski definition) is 4. The number of nitrogens with zero attached hydrogens (tertiary/aromatic N) is 2. The van der Waals surface area contributed by atoms with Crippen LogP contribution >= 0.6 is 0 Å². The van der Waals surface area contributed by atoms with Crippen LogP contribution in [0, 0.1) is 0 Å². The van der Waals surface area contributed by atoms with Crippen molar-refractivity contribution in [3.05, 3.63) is 18.1 Å². The molecule has 0 amide bonds. The largest absolute Gasteiger partial charge is 0.396 e. The molecule has 1 heterocycles. The summed E-state index contributed by atoms with van der Waals surface area (Å²) in [6.07, 6.45) is 3.31. The quantitative estimate of drug-likeness (QED) is 0.776. The maximum absolute atomic E-state index is 8.92. The number of aliphatic hydroxyl groups is 1. The number of nitrogens with one attached hydrogen (secondary N) is 1. The number of anilines is 1. The van der Waals surface area contributed by atoms with Crippen molar-refractivity contribution in [2.24, 2.45) is 0 Å². The van der Waals surface area contributed by atoms with E-state index < -0.39 is 0 Å². The zero-order valence-electron chi connectivity index (χ0n) is 10.3. The van der Waals surface area contributed by atoms with E-state index >= 15 is 0 Å². The van der Waals surface area contributed by atoms with Gasteiger partial charge >= 0.3 is 0 Å². The fourth-order valence-electron chi connectivity index (χ4n) is 1.51. The summed E-state index contributed by atoms with van der Waals surface area (Å²) < 4.78 is 0.